The van der Waals surface area contributed by atoms with E-state index in [1.165, 1.54) is 0 Å². The highest BCUT2D eigenvalue weighted by Crippen LogP contribution is 2.31. The lowest BCUT2D eigenvalue weighted by atomic mass is 10.1. The second-order valence-electron chi connectivity index (χ2n) is 7.59. The standard InChI is InChI=1S/C23H21N7O/c1-30-14-18(12-27-30)16-7-19(9-21(8-16)31-20-4-5-25-13-20)28-23-26-11-17-6-15(10-24)2-3-22(17)29-23/h2-3,6-9,11-12,14,20,25H,4-5,13H2,1H3,(H,26,28,29)/t20-/m0/s1. The summed E-state index contributed by atoms with van der Waals surface area (Å²) < 4.78 is 7.99. The fourth-order valence-corrected chi connectivity index (χ4v) is 3.69. The Kier molecular flexibility index (Phi) is 4.94. The molecule has 2 aromatic carbocycles. The predicted molar refractivity (Wildman–Crippen MR) is 118 cm³/mol. The number of aromatic nitrogens is 4. The van der Waals surface area contributed by atoms with Crippen LogP contribution in [-0.4, -0.2) is 38.9 Å². The van der Waals surface area contributed by atoms with Crippen LogP contribution in [0.1, 0.15) is 12.0 Å². The molecule has 0 spiro atoms. The van der Waals surface area contributed by atoms with E-state index in [1.807, 2.05) is 43.7 Å². The molecular weight excluding hydrogens is 390 g/mol. The number of anilines is 2. The van der Waals surface area contributed by atoms with Crippen molar-refractivity contribution in [3.8, 4) is 22.9 Å². The number of aryl methyl sites for hydroxylation is 1. The summed E-state index contributed by atoms with van der Waals surface area (Å²) >= 11 is 0. The third kappa shape index (κ3) is 4.17. The largest absolute Gasteiger partial charge is 0.489 e. The molecule has 8 heteroatoms. The minimum absolute atomic E-state index is 0.156. The van der Waals surface area contributed by atoms with Gasteiger partial charge in [0.2, 0.25) is 5.95 Å². The maximum absolute atomic E-state index is 9.07. The van der Waals surface area contributed by atoms with Crippen LogP contribution in [0.15, 0.2) is 55.0 Å². The van der Waals surface area contributed by atoms with E-state index in [2.05, 4.69) is 31.8 Å². The van der Waals surface area contributed by atoms with Crippen molar-refractivity contribution in [3.05, 3.63) is 60.6 Å². The van der Waals surface area contributed by atoms with Crippen LogP contribution in [-0.2, 0) is 7.05 Å². The van der Waals surface area contributed by atoms with Crippen LogP contribution >= 0.6 is 0 Å². The topological polar surface area (TPSA) is 101 Å². The number of rotatable bonds is 5. The molecule has 5 rings (SSSR count). The number of hydrogen-bond donors (Lipinski definition) is 2. The van der Waals surface area contributed by atoms with Gasteiger partial charge in [0.25, 0.3) is 0 Å². The fourth-order valence-electron chi connectivity index (χ4n) is 3.69. The lowest BCUT2D eigenvalue weighted by molar-refractivity contribution is 0.223. The fraction of sp³-hybridized carbons (Fsp3) is 0.217. The maximum atomic E-state index is 9.07. The summed E-state index contributed by atoms with van der Waals surface area (Å²) in [6, 6.07) is 13.5. The Morgan fingerprint density at radius 3 is 2.90 bits per heavy atom. The molecule has 154 valence electrons. The first-order chi connectivity index (χ1) is 15.2. The molecular formula is C23H21N7O. The molecule has 0 radical (unpaired) electrons. The van der Waals surface area contributed by atoms with E-state index in [-0.39, 0.29) is 6.10 Å². The van der Waals surface area contributed by atoms with Gasteiger partial charge in [0, 0.05) is 48.7 Å². The molecule has 3 heterocycles. The second-order valence-corrected chi connectivity index (χ2v) is 7.59. The van der Waals surface area contributed by atoms with E-state index in [0.29, 0.717) is 11.5 Å². The van der Waals surface area contributed by atoms with Crippen molar-refractivity contribution in [3.63, 3.8) is 0 Å². The van der Waals surface area contributed by atoms with Gasteiger partial charge in [-0.15, -0.1) is 0 Å². The van der Waals surface area contributed by atoms with Gasteiger partial charge in [-0.2, -0.15) is 10.4 Å². The van der Waals surface area contributed by atoms with Crippen LogP contribution in [0.4, 0.5) is 11.6 Å². The van der Waals surface area contributed by atoms with E-state index in [4.69, 9.17) is 10.00 Å². The van der Waals surface area contributed by atoms with Crippen LogP contribution < -0.4 is 15.4 Å². The minimum atomic E-state index is 0.156. The Bertz CT molecular complexity index is 1280. The molecule has 31 heavy (non-hydrogen) atoms. The molecule has 1 atom stereocenters. The molecule has 0 saturated carbocycles. The number of ether oxygens (including phenoxy) is 1. The van der Waals surface area contributed by atoms with Crippen molar-refractivity contribution in [1.29, 1.82) is 5.26 Å². The van der Waals surface area contributed by atoms with Gasteiger partial charge in [-0.3, -0.25) is 4.68 Å². The van der Waals surface area contributed by atoms with Crippen LogP contribution in [0.5, 0.6) is 5.75 Å². The first kappa shape index (κ1) is 19.0. The summed E-state index contributed by atoms with van der Waals surface area (Å²) in [6.45, 7) is 1.81. The summed E-state index contributed by atoms with van der Waals surface area (Å²) in [5.41, 5.74) is 4.19. The van der Waals surface area contributed by atoms with Gasteiger partial charge in [-0.1, -0.05) is 0 Å². The molecule has 4 aromatic rings. The normalized spacial score (nSPS) is 15.7. The quantitative estimate of drug-likeness (QED) is 0.519. The van der Waals surface area contributed by atoms with Gasteiger partial charge < -0.3 is 15.4 Å². The Labute approximate surface area is 179 Å². The highest BCUT2D eigenvalue weighted by molar-refractivity contribution is 5.81. The number of nitrogens with one attached hydrogen (secondary N) is 2. The second kappa shape index (κ2) is 8.05. The lowest BCUT2D eigenvalue weighted by Gasteiger charge is -2.15. The van der Waals surface area contributed by atoms with Crippen LogP contribution in [0, 0.1) is 11.3 Å². The van der Waals surface area contributed by atoms with Crippen molar-refractivity contribution in [2.24, 2.45) is 7.05 Å². The smallest absolute Gasteiger partial charge is 0.227 e. The summed E-state index contributed by atoms with van der Waals surface area (Å²) in [4.78, 5) is 9.00. The van der Waals surface area contributed by atoms with Crippen molar-refractivity contribution >= 4 is 22.5 Å². The van der Waals surface area contributed by atoms with E-state index < -0.39 is 0 Å². The lowest BCUT2D eigenvalue weighted by Crippen LogP contribution is -2.19. The average molecular weight is 411 g/mol. The highest BCUT2D eigenvalue weighted by Gasteiger charge is 2.17. The van der Waals surface area contributed by atoms with E-state index in [9.17, 15) is 0 Å². The summed E-state index contributed by atoms with van der Waals surface area (Å²) in [5, 5.41) is 20.8. The van der Waals surface area contributed by atoms with Gasteiger partial charge in [0.1, 0.15) is 11.9 Å². The number of hydrogen-bond acceptors (Lipinski definition) is 7. The Morgan fingerprint density at radius 1 is 1.19 bits per heavy atom. The first-order valence-corrected chi connectivity index (χ1v) is 10.1. The Balaban J connectivity index is 1.48. The third-order valence-electron chi connectivity index (χ3n) is 5.23. The molecule has 0 amide bonds. The molecule has 0 unspecified atom stereocenters. The van der Waals surface area contributed by atoms with Crippen molar-refractivity contribution in [1.82, 2.24) is 25.1 Å². The van der Waals surface area contributed by atoms with Crippen molar-refractivity contribution < 1.29 is 4.74 Å². The Hall–Kier alpha value is -3.96. The monoisotopic (exact) mass is 411 g/mol. The predicted octanol–water partition coefficient (Wildman–Crippen LogP) is 3.39. The average Bonchev–Trinajstić information content (AvgIpc) is 3.45. The zero-order chi connectivity index (χ0) is 21.2. The molecule has 0 aliphatic carbocycles. The zero-order valence-electron chi connectivity index (χ0n) is 17.0. The molecule has 8 nitrogen and oxygen atoms in total. The number of benzene rings is 2. The molecule has 1 aliphatic heterocycles. The molecule has 1 fully saturated rings. The summed E-state index contributed by atoms with van der Waals surface area (Å²) in [6.07, 6.45) is 6.66. The molecule has 1 saturated heterocycles. The number of nitriles is 1. The van der Waals surface area contributed by atoms with Gasteiger partial charge in [-0.05, 0) is 48.9 Å². The van der Waals surface area contributed by atoms with E-state index >= 15 is 0 Å². The molecule has 1 aliphatic rings. The van der Waals surface area contributed by atoms with Crippen LogP contribution in [0.2, 0.25) is 0 Å². The van der Waals surface area contributed by atoms with E-state index in [1.54, 1.807) is 23.0 Å². The van der Waals surface area contributed by atoms with Gasteiger partial charge >= 0.3 is 0 Å². The summed E-state index contributed by atoms with van der Waals surface area (Å²) in [7, 11) is 1.90. The van der Waals surface area contributed by atoms with Gasteiger partial charge in [0.15, 0.2) is 0 Å². The van der Waals surface area contributed by atoms with E-state index in [0.717, 1.165) is 53.0 Å². The minimum Gasteiger partial charge on any atom is -0.489 e. The molecule has 0 bridgehead atoms. The first-order valence-electron chi connectivity index (χ1n) is 10.1. The van der Waals surface area contributed by atoms with Crippen molar-refractivity contribution in [2.75, 3.05) is 18.4 Å². The zero-order valence-corrected chi connectivity index (χ0v) is 17.0. The van der Waals surface area contributed by atoms with Gasteiger partial charge in [0.05, 0.1) is 23.3 Å². The SMILES string of the molecule is Cn1cc(-c2cc(Nc3ncc4cc(C#N)ccc4n3)cc(O[C@H]3CCNC3)c2)cn1. The van der Waals surface area contributed by atoms with Crippen LogP contribution in [0.3, 0.4) is 0 Å². The van der Waals surface area contributed by atoms with Crippen molar-refractivity contribution in [2.45, 2.75) is 12.5 Å². The van der Waals surface area contributed by atoms with Crippen LogP contribution in [0.25, 0.3) is 22.0 Å². The summed E-state index contributed by atoms with van der Waals surface area (Å²) in [5.74, 6) is 1.27. The molecule has 2 N–H and O–H groups in total. The highest BCUT2D eigenvalue weighted by atomic mass is 16.5. The Morgan fingerprint density at radius 2 is 2.13 bits per heavy atom. The van der Waals surface area contributed by atoms with Gasteiger partial charge in [-0.25, -0.2) is 9.97 Å². The third-order valence-corrected chi connectivity index (χ3v) is 5.23. The number of fused-ring (bicyclic) bond motifs is 1. The maximum Gasteiger partial charge on any atom is 0.227 e. The number of nitrogens with zero attached hydrogens (tertiary/aromatic N) is 5. The molecule has 2 aromatic heterocycles.